The summed E-state index contributed by atoms with van der Waals surface area (Å²) in [6.07, 6.45) is 2.60. The topological polar surface area (TPSA) is 100 Å². The molecule has 1 rings (SSSR count). The fourth-order valence-corrected chi connectivity index (χ4v) is 1.62. The van der Waals surface area contributed by atoms with Crippen LogP contribution in [0.3, 0.4) is 0 Å². The molecule has 2 amide bonds. The van der Waals surface area contributed by atoms with E-state index in [4.69, 9.17) is 5.11 Å². The average molecular weight is 281 g/mol. The largest absolute Gasteiger partial charge is 0.477 e. The first-order valence-electron chi connectivity index (χ1n) is 6.46. The van der Waals surface area contributed by atoms with Gasteiger partial charge < -0.3 is 20.3 Å². The predicted molar refractivity (Wildman–Crippen MR) is 72.3 cm³/mol. The van der Waals surface area contributed by atoms with E-state index in [-0.39, 0.29) is 37.0 Å². The van der Waals surface area contributed by atoms with Gasteiger partial charge in [-0.05, 0) is 18.6 Å². The molecule has 3 N–H and O–H groups in total. The normalized spacial score (nSPS) is 10.1. The van der Waals surface area contributed by atoms with Crippen molar-refractivity contribution in [2.75, 3.05) is 13.1 Å². The summed E-state index contributed by atoms with van der Waals surface area (Å²) in [4.78, 5) is 33.8. The maximum atomic E-state index is 11.6. The van der Waals surface area contributed by atoms with Crippen LogP contribution in [-0.4, -0.2) is 40.5 Å². The van der Waals surface area contributed by atoms with Gasteiger partial charge in [0.05, 0.1) is 0 Å². The molecular weight excluding hydrogens is 262 g/mol. The predicted octanol–water partition coefficient (Wildman–Crippen LogP) is 0.219. The highest BCUT2D eigenvalue weighted by Gasteiger charge is 2.11. The van der Waals surface area contributed by atoms with Gasteiger partial charge in [0.1, 0.15) is 12.2 Å². The van der Waals surface area contributed by atoms with E-state index in [0.29, 0.717) is 6.54 Å². The molecule has 110 valence electrons. The van der Waals surface area contributed by atoms with Gasteiger partial charge in [0, 0.05) is 25.7 Å². The lowest BCUT2D eigenvalue weighted by Crippen LogP contribution is -2.33. The first-order valence-corrected chi connectivity index (χ1v) is 6.46. The lowest BCUT2D eigenvalue weighted by Gasteiger charge is -2.08. The van der Waals surface area contributed by atoms with Crippen LogP contribution in [0.5, 0.6) is 0 Å². The summed E-state index contributed by atoms with van der Waals surface area (Å²) >= 11 is 0. The molecule has 0 unspecified atom stereocenters. The number of aromatic carboxylic acids is 1. The second-order valence-electron chi connectivity index (χ2n) is 4.28. The fraction of sp³-hybridized carbons (Fsp3) is 0.462. The van der Waals surface area contributed by atoms with Crippen molar-refractivity contribution in [2.24, 2.45) is 0 Å². The van der Waals surface area contributed by atoms with Crippen molar-refractivity contribution in [3.05, 3.63) is 24.0 Å². The number of hydrogen-bond acceptors (Lipinski definition) is 3. The highest BCUT2D eigenvalue weighted by molar-refractivity contribution is 5.87. The number of carbonyl (C=O) groups is 3. The summed E-state index contributed by atoms with van der Waals surface area (Å²) in [6, 6.07) is 2.99. The zero-order valence-corrected chi connectivity index (χ0v) is 11.4. The fourth-order valence-electron chi connectivity index (χ4n) is 1.62. The van der Waals surface area contributed by atoms with Crippen LogP contribution in [0.25, 0.3) is 0 Å². The minimum Gasteiger partial charge on any atom is -0.477 e. The van der Waals surface area contributed by atoms with Crippen LogP contribution in [0.4, 0.5) is 0 Å². The maximum absolute atomic E-state index is 11.6. The summed E-state index contributed by atoms with van der Waals surface area (Å²) in [6.45, 7) is 2.74. The number of amides is 2. The van der Waals surface area contributed by atoms with Gasteiger partial charge in [0.15, 0.2) is 0 Å². The Labute approximate surface area is 117 Å². The number of carboxylic acid groups (broad SMARTS) is 1. The molecule has 0 radical (unpaired) electrons. The zero-order chi connectivity index (χ0) is 15.0. The zero-order valence-electron chi connectivity index (χ0n) is 11.4. The molecule has 0 aliphatic rings. The number of rotatable bonds is 8. The van der Waals surface area contributed by atoms with Crippen molar-refractivity contribution in [3.63, 3.8) is 0 Å². The summed E-state index contributed by atoms with van der Waals surface area (Å²) < 4.78 is 1.34. The third-order valence-corrected chi connectivity index (χ3v) is 2.61. The molecule has 1 aromatic rings. The third kappa shape index (κ3) is 5.13. The van der Waals surface area contributed by atoms with Gasteiger partial charge in [0.25, 0.3) is 0 Å². The Kier molecular flexibility index (Phi) is 6.28. The van der Waals surface area contributed by atoms with E-state index in [1.54, 1.807) is 6.07 Å². The van der Waals surface area contributed by atoms with E-state index < -0.39 is 5.97 Å². The molecule has 7 nitrogen and oxygen atoms in total. The van der Waals surface area contributed by atoms with Crippen LogP contribution in [0, 0.1) is 0 Å². The first kappa shape index (κ1) is 15.7. The molecule has 0 saturated carbocycles. The quantitative estimate of drug-likeness (QED) is 0.634. The lowest BCUT2D eigenvalue weighted by atomic mass is 10.3. The number of nitrogens with zero attached hydrogens (tertiary/aromatic N) is 1. The first-order chi connectivity index (χ1) is 9.54. The van der Waals surface area contributed by atoms with Gasteiger partial charge in [-0.3, -0.25) is 9.59 Å². The monoisotopic (exact) mass is 281 g/mol. The molecule has 0 saturated heterocycles. The summed E-state index contributed by atoms with van der Waals surface area (Å²) in [5.74, 6) is -1.52. The minimum absolute atomic E-state index is 0.0563. The van der Waals surface area contributed by atoms with E-state index in [1.807, 2.05) is 6.92 Å². The van der Waals surface area contributed by atoms with Crippen LogP contribution in [0.15, 0.2) is 18.3 Å². The molecule has 0 spiro atoms. The standard InChI is InChI=1S/C13H19N3O4/c1-2-6-14-11(17)5-7-15-12(18)9-16-8-3-4-10(16)13(19)20/h3-4,8H,2,5-7,9H2,1H3,(H,14,17)(H,15,18)(H,19,20). The van der Waals surface area contributed by atoms with E-state index >= 15 is 0 Å². The van der Waals surface area contributed by atoms with Crippen LogP contribution in [0.2, 0.25) is 0 Å². The smallest absolute Gasteiger partial charge is 0.352 e. The highest BCUT2D eigenvalue weighted by Crippen LogP contribution is 2.01. The van der Waals surface area contributed by atoms with Crippen molar-refractivity contribution < 1.29 is 19.5 Å². The number of nitrogens with one attached hydrogen (secondary N) is 2. The van der Waals surface area contributed by atoms with E-state index in [0.717, 1.165) is 6.42 Å². The Morgan fingerprint density at radius 2 is 1.90 bits per heavy atom. The van der Waals surface area contributed by atoms with Crippen molar-refractivity contribution in [1.29, 1.82) is 0 Å². The number of aromatic nitrogens is 1. The second kappa shape index (κ2) is 7.98. The molecule has 20 heavy (non-hydrogen) atoms. The summed E-state index contributed by atoms with van der Waals surface area (Å²) in [5, 5.41) is 14.2. The SMILES string of the molecule is CCCNC(=O)CCNC(=O)Cn1cccc1C(=O)O. The molecule has 0 aliphatic heterocycles. The Bertz CT molecular complexity index is 482. The Morgan fingerprint density at radius 1 is 1.20 bits per heavy atom. The minimum atomic E-state index is -1.08. The van der Waals surface area contributed by atoms with Gasteiger partial charge in [-0.1, -0.05) is 6.92 Å². The number of carboxylic acids is 1. The number of hydrogen-bond donors (Lipinski definition) is 3. The molecule has 0 aliphatic carbocycles. The van der Waals surface area contributed by atoms with Crippen molar-refractivity contribution in [1.82, 2.24) is 15.2 Å². The van der Waals surface area contributed by atoms with E-state index in [2.05, 4.69) is 10.6 Å². The molecule has 7 heteroatoms. The van der Waals surface area contributed by atoms with Crippen molar-refractivity contribution in [2.45, 2.75) is 26.3 Å². The lowest BCUT2D eigenvalue weighted by molar-refractivity contribution is -0.122. The van der Waals surface area contributed by atoms with Gasteiger partial charge in [0.2, 0.25) is 11.8 Å². The summed E-state index contributed by atoms with van der Waals surface area (Å²) in [5.41, 5.74) is 0.0563. The van der Waals surface area contributed by atoms with Crippen LogP contribution in [0.1, 0.15) is 30.3 Å². The van der Waals surface area contributed by atoms with Crippen LogP contribution >= 0.6 is 0 Å². The Morgan fingerprint density at radius 3 is 2.55 bits per heavy atom. The highest BCUT2D eigenvalue weighted by atomic mass is 16.4. The average Bonchev–Trinajstić information content (AvgIpc) is 2.84. The molecule has 1 heterocycles. The summed E-state index contributed by atoms with van der Waals surface area (Å²) in [7, 11) is 0. The van der Waals surface area contributed by atoms with Gasteiger partial charge >= 0.3 is 5.97 Å². The van der Waals surface area contributed by atoms with Gasteiger partial charge in [-0.15, -0.1) is 0 Å². The maximum Gasteiger partial charge on any atom is 0.352 e. The molecule has 0 aromatic carbocycles. The molecular formula is C13H19N3O4. The molecule has 1 aromatic heterocycles. The second-order valence-corrected chi connectivity index (χ2v) is 4.28. The van der Waals surface area contributed by atoms with Crippen LogP contribution in [-0.2, 0) is 16.1 Å². The Balaban J connectivity index is 2.32. The van der Waals surface area contributed by atoms with Crippen LogP contribution < -0.4 is 10.6 Å². The molecule has 0 bridgehead atoms. The van der Waals surface area contributed by atoms with Crippen molar-refractivity contribution in [3.8, 4) is 0 Å². The van der Waals surface area contributed by atoms with Gasteiger partial charge in [-0.2, -0.15) is 0 Å². The van der Waals surface area contributed by atoms with Crippen molar-refractivity contribution >= 4 is 17.8 Å². The third-order valence-electron chi connectivity index (χ3n) is 2.61. The van der Waals surface area contributed by atoms with E-state index in [1.165, 1.54) is 16.8 Å². The molecule has 0 fully saturated rings. The number of carbonyl (C=O) groups excluding carboxylic acids is 2. The Hall–Kier alpha value is -2.31. The van der Waals surface area contributed by atoms with Gasteiger partial charge in [-0.25, -0.2) is 4.79 Å². The van der Waals surface area contributed by atoms with E-state index in [9.17, 15) is 14.4 Å². The molecule has 0 atom stereocenters.